The predicted octanol–water partition coefficient (Wildman–Crippen LogP) is 5.04. The van der Waals surface area contributed by atoms with Crippen LogP contribution < -0.4 is 0 Å². The molecule has 22 heavy (non-hydrogen) atoms. The van der Waals surface area contributed by atoms with Gasteiger partial charge in [0.2, 0.25) is 0 Å². The fourth-order valence-corrected chi connectivity index (χ4v) is 3.07. The zero-order chi connectivity index (χ0) is 16.6. The molecule has 0 unspecified atom stereocenters. The Morgan fingerprint density at radius 3 is 1.50 bits per heavy atom. The molecule has 0 aromatic rings. The van der Waals surface area contributed by atoms with Gasteiger partial charge in [0.1, 0.15) is 0 Å². The Balaban J connectivity index is 1.99. The Labute approximate surface area is 140 Å². The Morgan fingerprint density at radius 2 is 1.00 bits per heavy atom. The van der Waals surface area contributed by atoms with Gasteiger partial charge in [-0.15, -0.1) is 0 Å². The summed E-state index contributed by atoms with van der Waals surface area (Å²) in [5, 5.41) is 0. The molecular weight excluding hydrogens is 268 g/mol. The van der Waals surface area contributed by atoms with Crippen molar-refractivity contribution in [3.8, 4) is 0 Å². The van der Waals surface area contributed by atoms with Crippen LogP contribution in [-0.4, -0.2) is 49.1 Å². The van der Waals surface area contributed by atoms with Crippen molar-refractivity contribution in [1.82, 2.24) is 9.80 Å². The molecule has 0 atom stereocenters. The molecule has 1 aliphatic rings. The van der Waals surface area contributed by atoms with Crippen LogP contribution in [0.4, 0.5) is 0 Å². The monoisotopic (exact) mass is 310 g/mol. The van der Waals surface area contributed by atoms with Gasteiger partial charge >= 0.3 is 0 Å². The summed E-state index contributed by atoms with van der Waals surface area (Å²) in [5.74, 6) is 0. The van der Waals surface area contributed by atoms with Crippen molar-refractivity contribution < 1.29 is 0 Å². The first-order chi connectivity index (χ1) is 10.2. The predicted molar refractivity (Wildman–Crippen MR) is 99.5 cm³/mol. The summed E-state index contributed by atoms with van der Waals surface area (Å²) in [6, 6.07) is 0. The van der Waals surface area contributed by atoms with E-state index in [1.54, 1.807) is 0 Å². The van der Waals surface area contributed by atoms with Gasteiger partial charge in [-0.1, -0.05) is 60.8 Å². The van der Waals surface area contributed by atoms with Crippen LogP contribution in [0.25, 0.3) is 0 Å². The first-order valence-corrected chi connectivity index (χ1v) is 9.60. The van der Waals surface area contributed by atoms with Crippen molar-refractivity contribution in [3.63, 3.8) is 0 Å². The molecule has 1 aliphatic heterocycles. The summed E-state index contributed by atoms with van der Waals surface area (Å²) in [7, 11) is 0. The van der Waals surface area contributed by atoms with Crippen molar-refractivity contribution in [1.29, 1.82) is 0 Å². The van der Waals surface area contributed by atoms with E-state index in [2.05, 4.69) is 51.3 Å². The maximum atomic E-state index is 2.68. The van der Waals surface area contributed by atoms with Crippen molar-refractivity contribution >= 4 is 0 Å². The van der Waals surface area contributed by atoms with Crippen LogP contribution >= 0.6 is 0 Å². The number of nitrogens with zero attached hydrogens (tertiary/aromatic N) is 2. The second-order valence-corrected chi connectivity index (χ2v) is 9.72. The molecule has 0 spiro atoms. The summed E-state index contributed by atoms with van der Waals surface area (Å²) in [6.07, 6.45) is 8.33. The third kappa shape index (κ3) is 10.6. The minimum atomic E-state index is 0.476. The lowest BCUT2D eigenvalue weighted by atomic mass is 9.89. The van der Waals surface area contributed by atoms with Gasteiger partial charge in [-0.05, 0) is 43.2 Å². The van der Waals surface area contributed by atoms with E-state index in [1.165, 1.54) is 77.8 Å². The van der Waals surface area contributed by atoms with Gasteiger partial charge in [0, 0.05) is 26.2 Å². The number of piperazine rings is 1. The molecule has 0 N–H and O–H groups in total. The summed E-state index contributed by atoms with van der Waals surface area (Å²) in [4.78, 5) is 5.34. The highest BCUT2D eigenvalue weighted by Crippen LogP contribution is 2.22. The molecule has 0 aromatic carbocycles. The molecular formula is C20H42N2. The van der Waals surface area contributed by atoms with Crippen LogP contribution in [0, 0.1) is 10.8 Å². The first-order valence-electron chi connectivity index (χ1n) is 9.60. The zero-order valence-corrected chi connectivity index (χ0v) is 16.4. The maximum Gasteiger partial charge on any atom is 0.0110 e. The Morgan fingerprint density at radius 1 is 0.545 bits per heavy atom. The maximum absolute atomic E-state index is 2.68. The van der Waals surface area contributed by atoms with Gasteiger partial charge in [-0.25, -0.2) is 0 Å². The summed E-state index contributed by atoms with van der Waals surface area (Å²) in [5.41, 5.74) is 0.994. The van der Waals surface area contributed by atoms with E-state index in [0.29, 0.717) is 10.8 Å². The van der Waals surface area contributed by atoms with E-state index in [4.69, 9.17) is 0 Å². The highest BCUT2D eigenvalue weighted by Gasteiger charge is 2.18. The topological polar surface area (TPSA) is 6.48 Å². The second kappa shape index (κ2) is 9.27. The quantitative estimate of drug-likeness (QED) is 0.580. The molecule has 132 valence electrons. The van der Waals surface area contributed by atoms with Crippen LogP contribution in [0.15, 0.2) is 0 Å². The van der Waals surface area contributed by atoms with E-state index in [0.717, 1.165) is 0 Å². The number of hydrogen-bond acceptors (Lipinski definition) is 2. The molecule has 1 fully saturated rings. The number of rotatable bonds is 8. The second-order valence-electron chi connectivity index (χ2n) is 9.72. The molecule has 1 rings (SSSR count). The fraction of sp³-hybridized carbons (Fsp3) is 1.00. The molecule has 1 saturated heterocycles. The highest BCUT2D eigenvalue weighted by molar-refractivity contribution is 4.74. The Kier molecular flexibility index (Phi) is 8.42. The van der Waals surface area contributed by atoms with Crippen molar-refractivity contribution in [3.05, 3.63) is 0 Å². The van der Waals surface area contributed by atoms with Gasteiger partial charge in [0.25, 0.3) is 0 Å². The molecule has 2 nitrogen and oxygen atoms in total. The van der Waals surface area contributed by atoms with E-state index < -0.39 is 0 Å². The van der Waals surface area contributed by atoms with Gasteiger partial charge in [0.05, 0.1) is 0 Å². The van der Waals surface area contributed by atoms with Crippen LogP contribution in [0.5, 0.6) is 0 Å². The summed E-state index contributed by atoms with van der Waals surface area (Å²) >= 11 is 0. The number of unbranched alkanes of at least 4 members (excludes halogenated alkanes) is 3. The lowest BCUT2D eigenvalue weighted by molar-refractivity contribution is 0.119. The molecule has 0 bridgehead atoms. The number of hydrogen-bond donors (Lipinski definition) is 0. The largest absolute Gasteiger partial charge is 0.301 e. The van der Waals surface area contributed by atoms with Crippen LogP contribution in [0.1, 0.15) is 80.1 Å². The summed E-state index contributed by atoms with van der Waals surface area (Å²) < 4.78 is 0. The SMILES string of the molecule is CC(C)(C)CCCCCCN1CCN(CCC(C)(C)C)CC1. The minimum absolute atomic E-state index is 0.476. The van der Waals surface area contributed by atoms with E-state index in [-0.39, 0.29) is 0 Å². The highest BCUT2D eigenvalue weighted by atomic mass is 15.3. The van der Waals surface area contributed by atoms with Gasteiger partial charge in [-0.2, -0.15) is 0 Å². The molecule has 0 amide bonds. The third-order valence-corrected chi connectivity index (χ3v) is 4.79. The van der Waals surface area contributed by atoms with Gasteiger partial charge in [0.15, 0.2) is 0 Å². The van der Waals surface area contributed by atoms with Crippen LogP contribution in [0.2, 0.25) is 0 Å². The first kappa shape index (κ1) is 20.0. The van der Waals surface area contributed by atoms with Crippen molar-refractivity contribution in [2.24, 2.45) is 10.8 Å². The molecule has 2 heteroatoms. The lowest BCUT2D eigenvalue weighted by Crippen LogP contribution is -2.47. The lowest BCUT2D eigenvalue weighted by Gasteiger charge is -2.36. The Hall–Kier alpha value is -0.0800. The standard InChI is InChI=1S/C20H42N2/c1-19(2,3)11-9-7-8-10-13-21-15-17-22(18-16-21)14-12-20(4,5)6/h7-18H2,1-6H3. The van der Waals surface area contributed by atoms with Gasteiger partial charge in [-0.3, -0.25) is 0 Å². The molecule has 0 aromatic heterocycles. The van der Waals surface area contributed by atoms with Crippen LogP contribution in [0.3, 0.4) is 0 Å². The normalized spacial score (nSPS) is 18.8. The van der Waals surface area contributed by atoms with Crippen LogP contribution in [-0.2, 0) is 0 Å². The van der Waals surface area contributed by atoms with E-state index in [9.17, 15) is 0 Å². The van der Waals surface area contributed by atoms with E-state index in [1.807, 2.05) is 0 Å². The van der Waals surface area contributed by atoms with Crippen molar-refractivity contribution in [2.75, 3.05) is 39.3 Å². The van der Waals surface area contributed by atoms with Crippen molar-refractivity contribution in [2.45, 2.75) is 80.1 Å². The fourth-order valence-electron chi connectivity index (χ4n) is 3.07. The molecule has 0 saturated carbocycles. The third-order valence-electron chi connectivity index (χ3n) is 4.79. The molecule has 1 heterocycles. The molecule has 0 radical (unpaired) electrons. The Bertz CT molecular complexity index is 277. The zero-order valence-electron chi connectivity index (χ0n) is 16.4. The molecule has 0 aliphatic carbocycles. The summed E-state index contributed by atoms with van der Waals surface area (Å²) in [6.45, 7) is 21.8. The van der Waals surface area contributed by atoms with Gasteiger partial charge < -0.3 is 9.80 Å². The smallest absolute Gasteiger partial charge is 0.0110 e. The van der Waals surface area contributed by atoms with E-state index >= 15 is 0 Å². The average molecular weight is 311 g/mol. The minimum Gasteiger partial charge on any atom is -0.301 e. The average Bonchev–Trinajstić information content (AvgIpc) is 2.39.